The maximum absolute atomic E-state index is 12.3. The molecule has 2 amide bonds. The first-order chi connectivity index (χ1) is 11.2. The van der Waals surface area contributed by atoms with Gasteiger partial charge in [-0.05, 0) is 25.8 Å². The molecule has 1 N–H and O–H groups in total. The van der Waals surface area contributed by atoms with Crippen LogP contribution in [0.3, 0.4) is 0 Å². The molecule has 0 aromatic heterocycles. The van der Waals surface area contributed by atoms with Crippen LogP contribution < -0.4 is 5.32 Å². The number of carbonyl (C=O) groups excluding carboxylic acids is 2. The van der Waals surface area contributed by atoms with Crippen molar-refractivity contribution < 1.29 is 9.59 Å². The number of rotatable bonds is 6. The molecule has 0 aliphatic carbocycles. The second kappa shape index (κ2) is 8.72. The van der Waals surface area contributed by atoms with E-state index in [0.717, 1.165) is 6.42 Å². The molecule has 1 saturated heterocycles. The summed E-state index contributed by atoms with van der Waals surface area (Å²) < 4.78 is 0. The first kappa shape index (κ1) is 17.5. The maximum Gasteiger partial charge on any atom is 0.234 e. The third kappa shape index (κ3) is 4.82. The van der Waals surface area contributed by atoms with Gasteiger partial charge in [-0.25, -0.2) is 0 Å². The van der Waals surface area contributed by atoms with Crippen molar-refractivity contribution in [1.82, 2.24) is 10.2 Å². The van der Waals surface area contributed by atoms with Crippen LogP contribution in [-0.2, 0) is 16.0 Å². The molecule has 1 aliphatic heterocycles. The molecular weight excluding hydrogens is 310 g/mol. The SMILES string of the molecule is CCN=C1SC(C(=O)NCCc2ccccc2)CC(=O)N1CC. The minimum Gasteiger partial charge on any atom is -0.355 e. The van der Waals surface area contributed by atoms with Gasteiger partial charge in [0.25, 0.3) is 0 Å². The quantitative estimate of drug-likeness (QED) is 0.867. The Morgan fingerprint density at radius 1 is 1.35 bits per heavy atom. The van der Waals surface area contributed by atoms with E-state index in [1.165, 1.54) is 17.3 Å². The van der Waals surface area contributed by atoms with Gasteiger partial charge < -0.3 is 5.32 Å². The molecule has 2 rings (SSSR count). The molecule has 1 atom stereocenters. The van der Waals surface area contributed by atoms with Crippen LogP contribution in [-0.4, -0.2) is 46.8 Å². The van der Waals surface area contributed by atoms with E-state index >= 15 is 0 Å². The molecule has 1 aromatic rings. The van der Waals surface area contributed by atoms with Gasteiger partial charge in [-0.3, -0.25) is 19.5 Å². The van der Waals surface area contributed by atoms with Gasteiger partial charge in [0.1, 0.15) is 0 Å². The Bertz CT molecular complexity index is 574. The summed E-state index contributed by atoms with van der Waals surface area (Å²) in [5.74, 6) is -0.111. The molecule has 1 heterocycles. The number of carbonyl (C=O) groups is 2. The van der Waals surface area contributed by atoms with Crippen LogP contribution in [0.15, 0.2) is 35.3 Å². The highest BCUT2D eigenvalue weighted by atomic mass is 32.2. The fourth-order valence-corrected chi connectivity index (χ4v) is 3.64. The van der Waals surface area contributed by atoms with Gasteiger partial charge in [-0.1, -0.05) is 42.1 Å². The van der Waals surface area contributed by atoms with E-state index in [4.69, 9.17) is 0 Å². The average molecular weight is 333 g/mol. The first-order valence-corrected chi connectivity index (χ1v) is 8.86. The summed E-state index contributed by atoms with van der Waals surface area (Å²) in [6.07, 6.45) is 1.02. The minimum absolute atomic E-state index is 0.0262. The smallest absolute Gasteiger partial charge is 0.234 e. The lowest BCUT2D eigenvalue weighted by atomic mass is 10.1. The summed E-state index contributed by atoms with van der Waals surface area (Å²) in [6.45, 7) is 5.62. The summed E-state index contributed by atoms with van der Waals surface area (Å²) in [7, 11) is 0. The maximum atomic E-state index is 12.3. The van der Waals surface area contributed by atoms with Crippen molar-refractivity contribution in [3.63, 3.8) is 0 Å². The van der Waals surface area contributed by atoms with Crippen LogP contribution in [0.25, 0.3) is 0 Å². The minimum atomic E-state index is -0.383. The Morgan fingerprint density at radius 3 is 2.74 bits per heavy atom. The monoisotopic (exact) mass is 333 g/mol. The summed E-state index contributed by atoms with van der Waals surface area (Å²) in [4.78, 5) is 30.5. The van der Waals surface area contributed by atoms with Crippen molar-refractivity contribution in [3.8, 4) is 0 Å². The Morgan fingerprint density at radius 2 is 2.09 bits per heavy atom. The fourth-order valence-electron chi connectivity index (χ4n) is 2.41. The van der Waals surface area contributed by atoms with Crippen molar-refractivity contribution in [1.29, 1.82) is 0 Å². The van der Waals surface area contributed by atoms with E-state index in [1.807, 2.05) is 44.2 Å². The Kier molecular flexibility index (Phi) is 6.65. The van der Waals surface area contributed by atoms with E-state index < -0.39 is 0 Å². The lowest BCUT2D eigenvalue weighted by molar-refractivity contribution is -0.130. The van der Waals surface area contributed by atoms with E-state index in [0.29, 0.717) is 24.8 Å². The van der Waals surface area contributed by atoms with E-state index in [1.54, 1.807) is 4.90 Å². The van der Waals surface area contributed by atoms with Crippen LogP contribution in [0, 0.1) is 0 Å². The standard InChI is InChI=1S/C17H23N3O2S/c1-3-18-17-20(4-2)15(21)12-14(23-17)16(22)19-11-10-13-8-6-5-7-9-13/h5-9,14H,3-4,10-12H2,1-2H3,(H,19,22). The van der Waals surface area contributed by atoms with Crippen LogP contribution in [0.1, 0.15) is 25.8 Å². The second-order valence-corrected chi connectivity index (χ2v) is 6.40. The lowest BCUT2D eigenvalue weighted by Crippen LogP contribution is -2.47. The molecule has 0 radical (unpaired) electrons. The summed E-state index contributed by atoms with van der Waals surface area (Å²) in [5.41, 5.74) is 1.19. The Balaban J connectivity index is 1.89. The summed E-state index contributed by atoms with van der Waals surface area (Å²) >= 11 is 1.39. The number of nitrogens with one attached hydrogen (secondary N) is 1. The molecule has 5 nitrogen and oxygen atoms in total. The highest BCUT2D eigenvalue weighted by molar-refractivity contribution is 8.15. The van der Waals surface area contributed by atoms with Gasteiger partial charge in [0.2, 0.25) is 11.8 Å². The number of nitrogens with zero attached hydrogens (tertiary/aromatic N) is 2. The highest BCUT2D eigenvalue weighted by Gasteiger charge is 2.34. The first-order valence-electron chi connectivity index (χ1n) is 7.98. The number of amides is 2. The highest BCUT2D eigenvalue weighted by Crippen LogP contribution is 2.26. The summed E-state index contributed by atoms with van der Waals surface area (Å²) in [5, 5.41) is 3.21. The van der Waals surface area contributed by atoms with Crippen molar-refractivity contribution in [2.45, 2.75) is 31.9 Å². The van der Waals surface area contributed by atoms with Gasteiger partial charge in [0.15, 0.2) is 5.17 Å². The van der Waals surface area contributed by atoms with E-state index in [-0.39, 0.29) is 23.5 Å². The number of hydrogen-bond acceptors (Lipinski definition) is 4. The molecule has 6 heteroatoms. The van der Waals surface area contributed by atoms with Crippen molar-refractivity contribution >= 4 is 28.7 Å². The van der Waals surface area contributed by atoms with E-state index in [9.17, 15) is 9.59 Å². The van der Waals surface area contributed by atoms with Gasteiger partial charge in [0.05, 0.1) is 5.25 Å². The normalized spacial score (nSPS) is 19.9. The van der Waals surface area contributed by atoms with Gasteiger partial charge in [-0.2, -0.15) is 0 Å². The lowest BCUT2D eigenvalue weighted by Gasteiger charge is -2.30. The zero-order chi connectivity index (χ0) is 16.7. The predicted octanol–water partition coefficient (Wildman–Crippen LogP) is 2.08. The van der Waals surface area contributed by atoms with Crippen molar-refractivity contribution in [2.24, 2.45) is 4.99 Å². The molecule has 0 spiro atoms. The third-order valence-corrected chi connectivity index (χ3v) is 4.82. The van der Waals surface area contributed by atoms with E-state index in [2.05, 4.69) is 10.3 Å². The topological polar surface area (TPSA) is 61.8 Å². The molecule has 0 bridgehead atoms. The number of amidine groups is 1. The van der Waals surface area contributed by atoms with Crippen LogP contribution in [0.2, 0.25) is 0 Å². The third-order valence-electron chi connectivity index (χ3n) is 3.60. The average Bonchev–Trinajstić information content (AvgIpc) is 2.56. The molecule has 1 unspecified atom stereocenters. The zero-order valence-corrected chi connectivity index (χ0v) is 14.4. The van der Waals surface area contributed by atoms with Crippen molar-refractivity contribution in [3.05, 3.63) is 35.9 Å². The molecule has 124 valence electrons. The number of hydrogen-bond donors (Lipinski definition) is 1. The zero-order valence-electron chi connectivity index (χ0n) is 13.6. The largest absolute Gasteiger partial charge is 0.355 e. The van der Waals surface area contributed by atoms with Gasteiger partial charge in [0, 0.05) is 26.1 Å². The fraction of sp³-hybridized carbons (Fsp3) is 0.471. The van der Waals surface area contributed by atoms with Crippen LogP contribution in [0.4, 0.5) is 0 Å². The molecule has 1 fully saturated rings. The number of aliphatic imine (C=N–C) groups is 1. The Hall–Kier alpha value is -1.82. The molecule has 0 saturated carbocycles. The Labute approximate surface area is 141 Å². The molecular formula is C17H23N3O2S. The van der Waals surface area contributed by atoms with Crippen LogP contribution >= 0.6 is 11.8 Å². The number of thioether (sulfide) groups is 1. The predicted molar refractivity (Wildman–Crippen MR) is 94.5 cm³/mol. The molecule has 23 heavy (non-hydrogen) atoms. The van der Waals surface area contributed by atoms with Crippen LogP contribution in [0.5, 0.6) is 0 Å². The summed E-state index contributed by atoms with van der Waals surface area (Å²) in [6, 6.07) is 10.0. The second-order valence-electron chi connectivity index (χ2n) is 5.23. The molecule has 1 aliphatic rings. The van der Waals surface area contributed by atoms with Gasteiger partial charge in [-0.15, -0.1) is 0 Å². The molecule has 1 aromatic carbocycles. The number of benzene rings is 1. The van der Waals surface area contributed by atoms with Crippen molar-refractivity contribution in [2.75, 3.05) is 19.6 Å². The van der Waals surface area contributed by atoms with Gasteiger partial charge >= 0.3 is 0 Å².